The van der Waals surface area contributed by atoms with Crippen molar-refractivity contribution < 1.29 is 4.79 Å². The first kappa shape index (κ1) is 17.9. The lowest BCUT2D eigenvalue weighted by Crippen LogP contribution is -2.23. The Morgan fingerprint density at radius 3 is 0.821 bits per heavy atom. The molecule has 0 atom stereocenters. The Morgan fingerprint density at radius 2 is 0.607 bits per heavy atom. The molecule has 0 aliphatic carbocycles. The largest absolute Gasteiger partial charge is 0.298 e. The average molecular weight is 362 g/mol. The van der Waals surface area contributed by atoms with E-state index in [0.717, 1.165) is 22.3 Å². The van der Waals surface area contributed by atoms with Crippen molar-refractivity contribution in [2.75, 3.05) is 0 Å². The number of hydrogen-bond donors (Lipinski definition) is 0. The van der Waals surface area contributed by atoms with Crippen LogP contribution in [-0.4, -0.2) is 5.78 Å². The monoisotopic (exact) mass is 362 g/mol. The van der Waals surface area contributed by atoms with Gasteiger partial charge in [-0.15, -0.1) is 0 Å². The van der Waals surface area contributed by atoms with Gasteiger partial charge in [0.1, 0.15) is 0 Å². The van der Waals surface area contributed by atoms with Crippen molar-refractivity contribution in [3.8, 4) is 0 Å². The van der Waals surface area contributed by atoms with Crippen molar-refractivity contribution >= 4 is 5.78 Å². The van der Waals surface area contributed by atoms with Crippen LogP contribution in [0.3, 0.4) is 0 Å². The predicted octanol–water partition coefficient (Wildman–Crippen LogP) is 6.22. The zero-order chi connectivity index (χ0) is 19.2. The highest BCUT2D eigenvalue weighted by atomic mass is 16.1. The molecule has 0 aromatic heterocycles. The van der Waals surface area contributed by atoms with Crippen LogP contribution >= 0.6 is 0 Å². The third kappa shape index (κ3) is 3.79. The maximum Gasteiger partial charge on any atom is 0.156 e. The molecule has 4 rings (SSSR count). The second kappa shape index (κ2) is 8.49. The molecular formula is C27H22O. The molecule has 1 heteroatoms. The molecule has 4 aromatic rings. The van der Waals surface area contributed by atoms with Crippen LogP contribution in [0, 0.1) is 0 Å². The predicted molar refractivity (Wildman–Crippen MR) is 114 cm³/mol. The zero-order valence-corrected chi connectivity index (χ0v) is 15.6. The molecule has 0 aliphatic heterocycles. The van der Waals surface area contributed by atoms with E-state index in [9.17, 15) is 4.79 Å². The Bertz CT molecular complexity index is 845. The summed E-state index contributed by atoms with van der Waals surface area (Å²) in [6.45, 7) is 0. The smallest absolute Gasteiger partial charge is 0.156 e. The van der Waals surface area contributed by atoms with Gasteiger partial charge in [0.2, 0.25) is 0 Å². The average Bonchev–Trinajstić information content (AvgIpc) is 2.77. The molecule has 0 saturated heterocycles. The molecule has 0 bridgehead atoms. The van der Waals surface area contributed by atoms with Crippen molar-refractivity contribution in [1.82, 2.24) is 0 Å². The molecule has 0 N–H and O–H groups in total. The van der Waals surface area contributed by atoms with Crippen LogP contribution in [0.5, 0.6) is 0 Å². The molecule has 0 spiro atoms. The van der Waals surface area contributed by atoms with Gasteiger partial charge in [0.05, 0.1) is 11.8 Å². The Labute approximate surface area is 166 Å². The highest BCUT2D eigenvalue weighted by Gasteiger charge is 2.31. The van der Waals surface area contributed by atoms with Gasteiger partial charge in [0, 0.05) is 0 Å². The number of carbonyl (C=O) groups excluding carboxylic acids is 1. The van der Waals surface area contributed by atoms with Crippen LogP contribution in [0.15, 0.2) is 121 Å². The van der Waals surface area contributed by atoms with Gasteiger partial charge in [-0.3, -0.25) is 4.79 Å². The second-order valence-corrected chi connectivity index (χ2v) is 6.91. The Morgan fingerprint density at radius 1 is 0.393 bits per heavy atom. The minimum atomic E-state index is -0.312. The maximum atomic E-state index is 14.0. The summed E-state index contributed by atoms with van der Waals surface area (Å²) in [6, 6.07) is 40.3. The zero-order valence-electron chi connectivity index (χ0n) is 15.6. The van der Waals surface area contributed by atoms with Crippen molar-refractivity contribution in [3.05, 3.63) is 144 Å². The Hall–Kier alpha value is -3.45. The molecule has 0 unspecified atom stereocenters. The Balaban J connectivity index is 1.85. The molecule has 0 amide bonds. The van der Waals surface area contributed by atoms with Crippen LogP contribution in [0.1, 0.15) is 34.1 Å². The van der Waals surface area contributed by atoms with Crippen LogP contribution < -0.4 is 0 Å². The standard InChI is InChI=1S/C27H22O/c28-27(25(21-13-5-1-6-14-21)22-15-7-2-8-16-22)26(23-17-9-3-10-18-23)24-19-11-4-12-20-24/h1-20,25-26H. The van der Waals surface area contributed by atoms with E-state index in [2.05, 4.69) is 0 Å². The highest BCUT2D eigenvalue weighted by Crippen LogP contribution is 2.35. The summed E-state index contributed by atoms with van der Waals surface area (Å²) in [5, 5.41) is 0. The van der Waals surface area contributed by atoms with E-state index < -0.39 is 0 Å². The van der Waals surface area contributed by atoms with Gasteiger partial charge in [-0.05, 0) is 22.3 Å². The number of rotatable bonds is 6. The molecule has 0 fully saturated rings. The summed E-state index contributed by atoms with van der Waals surface area (Å²) >= 11 is 0. The summed E-state index contributed by atoms with van der Waals surface area (Å²) in [5.41, 5.74) is 4.09. The minimum Gasteiger partial charge on any atom is -0.298 e. The fraction of sp³-hybridized carbons (Fsp3) is 0.0741. The molecule has 0 saturated carbocycles. The van der Waals surface area contributed by atoms with Gasteiger partial charge < -0.3 is 0 Å². The second-order valence-electron chi connectivity index (χ2n) is 6.91. The van der Waals surface area contributed by atoms with E-state index in [4.69, 9.17) is 0 Å². The van der Waals surface area contributed by atoms with Gasteiger partial charge >= 0.3 is 0 Å². The Kier molecular flexibility index (Phi) is 5.44. The molecule has 28 heavy (non-hydrogen) atoms. The molecule has 0 aliphatic rings. The van der Waals surface area contributed by atoms with Crippen LogP contribution in [-0.2, 0) is 4.79 Å². The van der Waals surface area contributed by atoms with Crippen molar-refractivity contribution in [1.29, 1.82) is 0 Å². The van der Waals surface area contributed by atoms with Gasteiger partial charge in [0.15, 0.2) is 5.78 Å². The molecular weight excluding hydrogens is 340 g/mol. The van der Waals surface area contributed by atoms with Gasteiger partial charge in [-0.1, -0.05) is 121 Å². The number of carbonyl (C=O) groups is 1. The molecule has 0 radical (unpaired) electrons. The van der Waals surface area contributed by atoms with E-state index in [1.807, 2.05) is 121 Å². The van der Waals surface area contributed by atoms with E-state index in [1.165, 1.54) is 0 Å². The van der Waals surface area contributed by atoms with Crippen molar-refractivity contribution in [2.45, 2.75) is 11.8 Å². The van der Waals surface area contributed by atoms with Crippen LogP contribution in [0.2, 0.25) is 0 Å². The SMILES string of the molecule is O=C(C(c1ccccc1)c1ccccc1)C(c1ccccc1)c1ccccc1. The molecule has 0 heterocycles. The normalized spacial score (nSPS) is 10.9. The third-order valence-corrected chi connectivity index (χ3v) is 5.10. The summed E-state index contributed by atoms with van der Waals surface area (Å²) in [4.78, 5) is 14.0. The van der Waals surface area contributed by atoms with Crippen molar-refractivity contribution in [3.63, 3.8) is 0 Å². The third-order valence-electron chi connectivity index (χ3n) is 5.10. The van der Waals surface area contributed by atoms with Gasteiger partial charge in [0.25, 0.3) is 0 Å². The van der Waals surface area contributed by atoms with Crippen LogP contribution in [0.25, 0.3) is 0 Å². The summed E-state index contributed by atoms with van der Waals surface area (Å²) in [5.74, 6) is -0.435. The fourth-order valence-corrected chi connectivity index (χ4v) is 3.79. The first-order valence-corrected chi connectivity index (χ1v) is 9.58. The van der Waals surface area contributed by atoms with E-state index >= 15 is 0 Å². The fourth-order valence-electron chi connectivity index (χ4n) is 3.79. The summed E-state index contributed by atoms with van der Waals surface area (Å²) in [7, 11) is 0. The topological polar surface area (TPSA) is 17.1 Å². The number of ketones is 1. The van der Waals surface area contributed by atoms with Crippen LogP contribution in [0.4, 0.5) is 0 Å². The van der Waals surface area contributed by atoms with Gasteiger partial charge in [-0.25, -0.2) is 0 Å². The molecule has 136 valence electrons. The lowest BCUT2D eigenvalue weighted by atomic mass is 9.77. The first-order valence-electron chi connectivity index (χ1n) is 9.58. The maximum absolute atomic E-state index is 14.0. The quantitative estimate of drug-likeness (QED) is 0.398. The number of Topliss-reactive ketones (excluding diaryl/α,β-unsaturated/α-hetero) is 1. The minimum absolute atomic E-state index is 0.190. The first-order chi connectivity index (χ1) is 13.8. The van der Waals surface area contributed by atoms with Crippen molar-refractivity contribution in [2.24, 2.45) is 0 Å². The van der Waals surface area contributed by atoms with Gasteiger partial charge in [-0.2, -0.15) is 0 Å². The van der Waals surface area contributed by atoms with E-state index in [1.54, 1.807) is 0 Å². The molecule has 1 nitrogen and oxygen atoms in total. The number of hydrogen-bond acceptors (Lipinski definition) is 1. The molecule has 4 aromatic carbocycles. The highest BCUT2D eigenvalue weighted by molar-refractivity contribution is 5.96. The number of benzene rings is 4. The van der Waals surface area contributed by atoms with E-state index in [0.29, 0.717) is 0 Å². The van der Waals surface area contributed by atoms with E-state index in [-0.39, 0.29) is 17.6 Å². The summed E-state index contributed by atoms with van der Waals surface area (Å²) in [6.07, 6.45) is 0. The lowest BCUT2D eigenvalue weighted by molar-refractivity contribution is -0.120. The lowest BCUT2D eigenvalue weighted by Gasteiger charge is -2.24. The summed E-state index contributed by atoms with van der Waals surface area (Å²) < 4.78 is 0.